The summed E-state index contributed by atoms with van der Waals surface area (Å²) < 4.78 is 36.7. The van der Waals surface area contributed by atoms with Gasteiger partial charge < -0.3 is 14.4 Å². The summed E-state index contributed by atoms with van der Waals surface area (Å²) in [6, 6.07) is 9.44. The molecule has 2 fully saturated rings. The van der Waals surface area contributed by atoms with E-state index in [1.807, 2.05) is 34.7 Å². The molecule has 0 amide bonds. The van der Waals surface area contributed by atoms with Gasteiger partial charge in [-0.1, -0.05) is 0 Å². The maximum Gasteiger partial charge on any atom is 0.152 e. The van der Waals surface area contributed by atoms with E-state index < -0.39 is 17.2 Å². The van der Waals surface area contributed by atoms with Gasteiger partial charge in [0.15, 0.2) is 6.29 Å². The summed E-state index contributed by atoms with van der Waals surface area (Å²) in [5.41, 5.74) is 0.703. The molecule has 0 bridgehead atoms. The molecule has 2 saturated heterocycles. The van der Waals surface area contributed by atoms with Gasteiger partial charge in [0.2, 0.25) is 0 Å². The van der Waals surface area contributed by atoms with E-state index in [0.29, 0.717) is 44.3 Å². The Labute approximate surface area is 199 Å². The number of likely N-dealkylation sites (tertiary alicyclic amines) is 1. The van der Waals surface area contributed by atoms with Crippen LogP contribution >= 0.6 is 15.9 Å². The molecule has 5 rings (SSSR count). The number of carbonyl (C=O) groups is 1. The highest BCUT2D eigenvalue weighted by Gasteiger charge is 2.42. The topological polar surface area (TPSA) is 50.1 Å². The molecular formula is C24H25BrF2N4O2. The lowest BCUT2D eigenvalue weighted by atomic mass is 9.92. The SMILES string of the molecule is CN1C(OC2(C=O)CCN(c3ccc(Br)c4ccnn34)CC2)CCC1c1cc(F)cc(F)c1. The summed E-state index contributed by atoms with van der Waals surface area (Å²) in [7, 11) is 1.88. The van der Waals surface area contributed by atoms with Crippen molar-refractivity contribution >= 4 is 33.6 Å². The summed E-state index contributed by atoms with van der Waals surface area (Å²) in [5.74, 6) is -0.193. The smallest absolute Gasteiger partial charge is 0.152 e. The second-order valence-electron chi connectivity index (χ2n) is 8.87. The van der Waals surface area contributed by atoms with Crippen LogP contribution in [0.25, 0.3) is 5.52 Å². The third-order valence-electron chi connectivity index (χ3n) is 6.91. The van der Waals surface area contributed by atoms with Crippen LogP contribution < -0.4 is 4.90 Å². The number of hydrogen-bond acceptors (Lipinski definition) is 5. The molecule has 2 aliphatic rings. The highest BCUT2D eigenvalue weighted by Crippen LogP contribution is 2.39. The van der Waals surface area contributed by atoms with Gasteiger partial charge in [-0.15, -0.1) is 0 Å². The van der Waals surface area contributed by atoms with Crippen LogP contribution in [0.2, 0.25) is 0 Å². The number of rotatable bonds is 5. The molecule has 33 heavy (non-hydrogen) atoms. The Morgan fingerprint density at radius 1 is 1.12 bits per heavy atom. The molecular weight excluding hydrogens is 494 g/mol. The standard InChI is InChI=1S/C24H25BrF2N4O2/c1-29-20(16-12-17(26)14-18(27)13-16)3-5-23(29)33-24(15-32)7-10-30(11-8-24)22-4-2-19(25)21-6-9-28-31(21)22/h2,4,6,9,12-15,20,23H,3,5,7-8,10-11H2,1H3. The Morgan fingerprint density at radius 2 is 1.85 bits per heavy atom. The maximum absolute atomic E-state index is 13.7. The van der Waals surface area contributed by atoms with Crippen LogP contribution in [0.5, 0.6) is 0 Å². The van der Waals surface area contributed by atoms with E-state index >= 15 is 0 Å². The summed E-state index contributed by atoms with van der Waals surface area (Å²) in [5, 5.41) is 4.44. The summed E-state index contributed by atoms with van der Waals surface area (Å²) in [6.45, 7) is 1.31. The number of benzene rings is 1. The monoisotopic (exact) mass is 518 g/mol. The molecule has 174 valence electrons. The van der Waals surface area contributed by atoms with Gasteiger partial charge in [0, 0.05) is 42.5 Å². The minimum atomic E-state index is -0.879. The van der Waals surface area contributed by atoms with Crippen molar-refractivity contribution in [2.75, 3.05) is 25.0 Å². The number of aldehydes is 1. The normalized spacial score (nSPS) is 23.3. The molecule has 6 nitrogen and oxygen atoms in total. The number of aromatic nitrogens is 2. The average molecular weight is 519 g/mol. The van der Waals surface area contributed by atoms with Crippen molar-refractivity contribution in [2.24, 2.45) is 0 Å². The first-order chi connectivity index (χ1) is 15.9. The molecule has 0 radical (unpaired) electrons. The fraction of sp³-hybridized carbons (Fsp3) is 0.417. The molecule has 0 saturated carbocycles. The first-order valence-electron chi connectivity index (χ1n) is 11.1. The fourth-order valence-electron chi connectivity index (χ4n) is 5.08. The Hall–Kier alpha value is -2.36. The zero-order valence-corrected chi connectivity index (χ0v) is 19.8. The Kier molecular flexibility index (Phi) is 5.96. The Morgan fingerprint density at radius 3 is 2.55 bits per heavy atom. The lowest BCUT2D eigenvalue weighted by Crippen LogP contribution is -2.51. The highest BCUT2D eigenvalue weighted by atomic mass is 79.9. The van der Waals surface area contributed by atoms with E-state index in [2.05, 4.69) is 25.9 Å². The van der Waals surface area contributed by atoms with Crippen LogP contribution in [0, 0.1) is 11.6 Å². The molecule has 0 aliphatic carbocycles. The first kappa shape index (κ1) is 22.4. The number of ether oxygens (including phenoxy) is 1. The molecule has 2 aliphatic heterocycles. The van der Waals surface area contributed by atoms with Crippen LogP contribution in [-0.2, 0) is 9.53 Å². The maximum atomic E-state index is 13.7. The van der Waals surface area contributed by atoms with E-state index in [4.69, 9.17) is 4.74 Å². The quantitative estimate of drug-likeness (QED) is 0.457. The lowest BCUT2D eigenvalue weighted by Gasteiger charge is -2.41. The predicted octanol–water partition coefficient (Wildman–Crippen LogP) is 4.72. The van der Waals surface area contributed by atoms with Gasteiger partial charge in [0.25, 0.3) is 0 Å². The van der Waals surface area contributed by atoms with Crippen LogP contribution in [0.15, 0.2) is 47.1 Å². The molecule has 2 atom stereocenters. The van der Waals surface area contributed by atoms with Crippen molar-refractivity contribution in [3.05, 3.63) is 64.3 Å². The number of piperidine rings is 1. The number of halogens is 3. The van der Waals surface area contributed by atoms with Crippen LogP contribution in [0.4, 0.5) is 14.6 Å². The number of fused-ring (bicyclic) bond motifs is 1. The molecule has 0 spiro atoms. The van der Waals surface area contributed by atoms with Gasteiger partial charge in [0.1, 0.15) is 29.3 Å². The van der Waals surface area contributed by atoms with Crippen molar-refractivity contribution in [1.82, 2.24) is 14.5 Å². The fourth-order valence-corrected chi connectivity index (χ4v) is 5.51. The molecule has 9 heteroatoms. The van der Waals surface area contributed by atoms with Gasteiger partial charge in [-0.05, 0) is 71.7 Å². The Bertz CT molecular complexity index is 1160. The third-order valence-corrected chi connectivity index (χ3v) is 7.58. The number of carbonyl (C=O) groups excluding carboxylic acids is 1. The average Bonchev–Trinajstić information content (AvgIpc) is 3.42. The van der Waals surface area contributed by atoms with Crippen molar-refractivity contribution in [1.29, 1.82) is 0 Å². The van der Waals surface area contributed by atoms with Gasteiger partial charge >= 0.3 is 0 Å². The lowest BCUT2D eigenvalue weighted by molar-refractivity contribution is -0.162. The molecule has 3 aromatic rings. The summed E-state index contributed by atoms with van der Waals surface area (Å²) in [6.07, 6.45) is 4.92. The zero-order valence-electron chi connectivity index (χ0n) is 18.3. The molecule has 2 aromatic heterocycles. The molecule has 2 unspecified atom stereocenters. The summed E-state index contributed by atoms with van der Waals surface area (Å²) in [4.78, 5) is 16.4. The van der Waals surface area contributed by atoms with Crippen LogP contribution in [0.3, 0.4) is 0 Å². The summed E-state index contributed by atoms with van der Waals surface area (Å²) >= 11 is 3.56. The van der Waals surface area contributed by atoms with Crippen molar-refractivity contribution in [2.45, 2.75) is 43.6 Å². The minimum Gasteiger partial charge on any atom is -0.356 e. The van der Waals surface area contributed by atoms with E-state index in [9.17, 15) is 13.6 Å². The van der Waals surface area contributed by atoms with Crippen LogP contribution in [0.1, 0.15) is 37.3 Å². The van der Waals surface area contributed by atoms with Crippen LogP contribution in [-0.4, -0.2) is 52.8 Å². The van der Waals surface area contributed by atoms with E-state index in [1.165, 1.54) is 12.1 Å². The van der Waals surface area contributed by atoms with Gasteiger partial charge in [0.05, 0.1) is 11.7 Å². The van der Waals surface area contributed by atoms with E-state index in [-0.39, 0.29) is 12.3 Å². The molecule has 4 heterocycles. The van der Waals surface area contributed by atoms with Gasteiger partial charge in [-0.2, -0.15) is 5.10 Å². The number of hydrogen-bond donors (Lipinski definition) is 0. The van der Waals surface area contributed by atoms with Crippen molar-refractivity contribution < 1.29 is 18.3 Å². The third kappa shape index (κ3) is 4.18. The second-order valence-corrected chi connectivity index (χ2v) is 9.73. The second kappa shape index (κ2) is 8.77. The highest BCUT2D eigenvalue weighted by molar-refractivity contribution is 9.10. The minimum absolute atomic E-state index is 0.153. The largest absolute Gasteiger partial charge is 0.356 e. The number of pyridine rings is 1. The first-order valence-corrected chi connectivity index (χ1v) is 11.9. The van der Waals surface area contributed by atoms with Crippen molar-refractivity contribution in [3.8, 4) is 0 Å². The zero-order chi connectivity index (χ0) is 23.2. The van der Waals surface area contributed by atoms with Crippen molar-refractivity contribution in [3.63, 3.8) is 0 Å². The molecule has 0 N–H and O–H groups in total. The number of nitrogens with zero attached hydrogens (tertiary/aromatic N) is 4. The number of anilines is 1. The van der Waals surface area contributed by atoms with E-state index in [1.54, 1.807) is 6.20 Å². The van der Waals surface area contributed by atoms with Gasteiger partial charge in [-0.25, -0.2) is 13.3 Å². The van der Waals surface area contributed by atoms with E-state index in [0.717, 1.165) is 28.2 Å². The predicted molar refractivity (Wildman–Crippen MR) is 124 cm³/mol. The van der Waals surface area contributed by atoms with Gasteiger partial charge in [-0.3, -0.25) is 4.90 Å². The molecule has 1 aromatic carbocycles. The Balaban J connectivity index is 1.28.